The lowest BCUT2D eigenvalue weighted by atomic mass is 9.90. The Hall–Kier alpha value is -1.34. The van der Waals surface area contributed by atoms with E-state index in [1.54, 1.807) is 11.3 Å². The summed E-state index contributed by atoms with van der Waals surface area (Å²) in [5.41, 5.74) is 1.44. The second-order valence-corrected chi connectivity index (χ2v) is 8.72. The summed E-state index contributed by atoms with van der Waals surface area (Å²) in [6, 6.07) is 2.20. The Morgan fingerprint density at radius 2 is 2.25 bits per heavy atom. The van der Waals surface area contributed by atoms with Gasteiger partial charge in [-0.1, -0.05) is 18.7 Å². The van der Waals surface area contributed by atoms with Gasteiger partial charge < -0.3 is 9.32 Å². The number of nitrogens with zero attached hydrogens (tertiary/aromatic N) is 3. The minimum absolute atomic E-state index is 0.165. The third kappa shape index (κ3) is 3.37. The number of aryl methyl sites for hydroxylation is 1. The van der Waals surface area contributed by atoms with Gasteiger partial charge in [0.2, 0.25) is 5.91 Å². The maximum absolute atomic E-state index is 12.1. The minimum Gasteiger partial charge on any atom is -0.410 e. The molecule has 4 rings (SSSR count). The molecule has 1 atom stereocenters. The van der Waals surface area contributed by atoms with Crippen LogP contribution in [-0.2, 0) is 17.6 Å². The van der Waals surface area contributed by atoms with Gasteiger partial charge in [-0.05, 0) is 49.7 Å². The Balaban J connectivity index is 1.40. The zero-order valence-electron chi connectivity index (χ0n) is 13.8. The first-order valence-corrected chi connectivity index (χ1v) is 10.4. The number of fused-ring (bicyclic) bond motifs is 1. The fourth-order valence-corrected chi connectivity index (χ4v) is 5.16. The van der Waals surface area contributed by atoms with E-state index in [9.17, 15) is 4.79 Å². The standard InChI is InChI=1S/C17H21N3O2S2/c1-11-4-5-13-12(8-11)9-14(24-13)16-18-19-17(22-16)23-10-15(21)20-6-2-3-7-20/h9,11H,2-8,10H2,1H3/t11-/m1/s1. The van der Waals surface area contributed by atoms with Crippen LogP contribution >= 0.6 is 23.1 Å². The van der Waals surface area contributed by atoms with E-state index in [2.05, 4.69) is 23.2 Å². The SMILES string of the molecule is C[C@@H]1CCc2sc(-c3nnc(SCC(=O)N4CCCC4)o3)cc2C1. The number of rotatable bonds is 4. The number of likely N-dealkylation sites (tertiary alicyclic amines) is 1. The van der Waals surface area contributed by atoms with Crippen LogP contribution in [0, 0.1) is 5.92 Å². The maximum atomic E-state index is 12.1. The van der Waals surface area contributed by atoms with Crippen LogP contribution in [0.25, 0.3) is 10.8 Å². The third-order valence-corrected chi connectivity index (χ3v) is 6.75. The molecule has 0 spiro atoms. The Labute approximate surface area is 149 Å². The topological polar surface area (TPSA) is 59.2 Å². The third-order valence-electron chi connectivity index (χ3n) is 4.72. The van der Waals surface area contributed by atoms with E-state index in [1.807, 2.05) is 4.90 Å². The van der Waals surface area contributed by atoms with Crippen molar-refractivity contribution in [2.45, 2.75) is 44.3 Å². The summed E-state index contributed by atoms with van der Waals surface area (Å²) in [6.45, 7) is 4.07. The van der Waals surface area contributed by atoms with Crippen molar-refractivity contribution >= 4 is 29.0 Å². The number of aromatic nitrogens is 2. The Bertz CT molecular complexity index is 734. The smallest absolute Gasteiger partial charge is 0.277 e. The Morgan fingerprint density at radius 3 is 3.08 bits per heavy atom. The second kappa shape index (κ2) is 6.88. The molecule has 128 valence electrons. The predicted octanol–water partition coefficient (Wildman–Crippen LogP) is 3.64. The van der Waals surface area contributed by atoms with Crippen molar-refractivity contribution < 1.29 is 9.21 Å². The molecule has 0 bridgehead atoms. The van der Waals surface area contributed by atoms with Crippen molar-refractivity contribution in [3.8, 4) is 10.8 Å². The van der Waals surface area contributed by atoms with E-state index in [1.165, 1.54) is 28.6 Å². The molecule has 3 heterocycles. The average molecular weight is 364 g/mol. The second-order valence-electron chi connectivity index (χ2n) is 6.66. The molecule has 7 heteroatoms. The quantitative estimate of drug-likeness (QED) is 0.776. The number of amides is 1. The number of hydrogen-bond donors (Lipinski definition) is 0. The predicted molar refractivity (Wildman–Crippen MR) is 95.3 cm³/mol. The van der Waals surface area contributed by atoms with Crippen molar-refractivity contribution in [1.29, 1.82) is 0 Å². The minimum atomic E-state index is 0.165. The van der Waals surface area contributed by atoms with Crippen molar-refractivity contribution in [2.75, 3.05) is 18.8 Å². The molecule has 2 aliphatic rings. The summed E-state index contributed by atoms with van der Waals surface area (Å²) in [7, 11) is 0. The Kier molecular flexibility index (Phi) is 4.63. The first-order chi connectivity index (χ1) is 11.7. The fourth-order valence-electron chi connectivity index (χ4n) is 3.36. The van der Waals surface area contributed by atoms with Gasteiger partial charge in [0, 0.05) is 18.0 Å². The first kappa shape index (κ1) is 16.1. The van der Waals surface area contributed by atoms with Gasteiger partial charge in [-0.2, -0.15) is 0 Å². The van der Waals surface area contributed by atoms with Crippen LogP contribution in [0.4, 0.5) is 0 Å². The summed E-state index contributed by atoms with van der Waals surface area (Å²) >= 11 is 3.11. The van der Waals surface area contributed by atoms with E-state index >= 15 is 0 Å². The molecule has 0 N–H and O–H groups in total. The van der Waals surface area contributed by atoms with Crippen LogP contribution in [-0.4, -0.2) is 39.8 Å². The highest BCUT2D eigenvalue weighted by atomic mass is 32.2. The van der Waals surface area contributed by atoms with Crippen LogP contribution in [0.1, 0.15) is 36.6 Å². The van der Waals surface area contributed by atoms with Gasteiger partial charge in [-0.25, -0.2) is 0 Å². The number of thioether (sulfide) groups is 1. The average Bonchev–Trinajstić information content (AvgIpc) is 3.30. The molecule has 1 amide bonds. The largest absolute Gasteiger partial charge is 0.410 e. The highest BCUT2D eigenvalue weighted by molar-refractivity contribution is 7.99. The lowest BCUT2D eigenvalue weighted by Gasteiger charge is -2.16. The molecule has 5 nitrogen and oxygen atoms in total. The molecule has 1 fully saturated rings. The normalized spacial score (nSPS) is 20.4. The van der Waals surface area contributed by atoms with Crippen molar-refractivity contribution in [3.05, 3.63) is 16.5 Å². The van der Waals surface area contributed by atoms with Gasteiger partial charge in [0.1, 0.15) is 0 Å². The molecule has 0 unspecified atom stereocenters. The molecular weight excluding hydrogens is 342 g/mol. The molecule has 1 saturated heterocycles. The van der Waals surface area contributed by atoms with Gasteiger partial charge in [-0.3, -0.25) is 4.79 Å². The number of thiophene rings is 1. The summed E-state index contributed by atoms with van der Waals surface area (Å²) in [5, 5.41) is 8.75. The lowest BCUT2D eigenvalue weighted by molar-refractivity contribution is -0.127. The summed E-state index contributed by atoms with van der Waals surface area (Å²) in [6.07, 6.45) is 5.79. The molecule has 24 heavy (non-hydrogen) atoms. The van der Waals surface area contributed by atoms with E-state index < -0.39 is 0 Å². The number of hydrogen-bond acceptors (Lipinski definition) is 6. The molecule has 2 aromatic heterocycles. The van der Waals surface area contributed by atoms with Crippen LogP contribution < -0.4 is 0 Å². The highest BCUT2D eigenvalue weighted by Gasteiger charge is 2.22. The molecule has 2 aromatic rings. The van der Waals surface area contributed by atoms with Crippen molar-refractivity contribution in [2.24, 2.45) is 5.92 Å². The van der Waals surface area contributed by atoms with E-state index in [0.29, 0.717) is 16.9 Å². The first-order valence-electron chi connectivity index (χ1n) is 8.55. The van der Waals surface area contributed by atoms with Crippen LogP contribution in [0.3, 0.4) is 0 Å². The molecule has 1 aliphatic carbocycles. The monoisotopic (exact) mass is 363 g/mol. The molecular formula is C17H21N3O2S2. The van der Waals surface area contributed by atoms with E-state index in [0.717, 1.165) is 49.6 Å². The Morgan fingerprint density at radius 1 is 1.42 bits per heavy atom. The highest BCUT2D eigenvalue weighted by Crippen LogP contribution is 2.37. The summed E-state index contributed by atoms with van der Waals surface area (Å²) < 4.78 is 5.77. The van der Waals surface area contributed by atoms with E-state index in [-0.39, 0.29) is 5.91 Å². The van der Waals surface area contributed by atoms with Crippen LogP contribution in [0.15, 0.2) is 15.7 Å². The van der Waals surface area contributed by atoms with Crippen LogP contribution in [0.2, 0.25) is 0 Å². The zero-order chi connectivity index (χ0) is 16.5. The lowest BCUT2D eigenvalue weighted by Crippen LogP contribution is -2.29. The van der Waals surface area contributed by atoms with Gasteiger partial charge in [0.05, 0.1) is 10.6 Å². The van der Waals surface area contributed by atoms with Crippen LogP contribution in [0.5, 0.6) is 0 Å². The van der Waals surface area contributed by atoms with Gasteiger partial charge in [0.25, 0.3) is 11.1 Å². The molecule has 0 aromatic carbocycles. The number of carbonyl (C=O) groups excluding carboxylic acids is 1. The fraction of sp³-hybridized carbons (Fsp3) is 0.588. The van der Waals surface area contributed by atoms with Gasteiger partial charge >= 0.3 is 0 Å². The maximum Gasteiger partial charge on any atom is 0.277 e. The van der Waals surface area contributed by atoms with Gasteiger partial charge in [-0.15, -0.1) is 21.5 Å². The van der Waals surface area contributed by atoms with Crippen molar-refractivity contribution in [3.63, 3.8) is 0 Å². The van der Waals surface area contributed by atoms with E-state index in [4.69, 9.17) is 4.42 Å². The molecule has 0 radical (unpaired) electrons. The zero-order valence-corrected chi connectivity index (χ0v) is 15.4. The molecule has 0 saturated carbocycles. The molecule has 1 aliphatic heterocycles. The van der Waals surface area contributed by atoms with Gasteiger partial charge in [0.15, 0.2) is 0 Å². The summed E-state index contributed by atoms with van der Waals surface area (Å²) in [4.78, 5) is 16.5. The van der Waals surface area contributed by atoms with Crippen molar-refractivity contribution in [1.82, 2.24) is 15.1 Å². The summed E-state index contributed by atoms with van der Waals surface area (Å²) in [5.74, 6) is 1.88. The number of carbonyl (C=O) groups is 1.